The first kappa shape index (κ1) is 8.88. The number of hydrogen-bond acceptors (Lipinski definition) is 2. The minimum Gasteiger partial charge on any atom is -0.346 e. The molecule has 1 amide bonds. The van der Waals surface area contributed by atoms with Gasteiger partial charge in [-0.05, 0) is 13.0 Å². The molecule has 0 unspecified atom stereocenters. The van der Waals surface area contributed by atoms with Crippen LogP contribution < -0.4 is 5.32 Å². The molecule has 0 aromatic heterocycles. The van der Waals surface area contributed by atoms with Crippen molar-refractivity contribution in [1.29, 1.82) is 0 Å². The molecule has 0 rings (SSSR count). The Morgan fingerprint density at radius 2 is 2.10 bits per heavy atom. The van der Waals surface area contributed by atoms with Crippen LogP contribution in [0.3, 0.4) is 0 Å². The fourth-order valence-electron chi connectivity index (χ4n) is 0.553. The standard InChI is InChI=1S/C7H11NO2/c1-4-7(10)5(2)8-6(3)9/h4-5H,1H2,2-3H3,(H,8,9)/t5-/m0/s1. The molecule has 1 atom stereocenters. The Hall–Kier alpha value is -1.12. The lowest BCUT2D eigenvalue weighted by molar-refractivity contribution is -0.124. The number of amides is 1. The predicted octanol–water partition coefficient (Wildman–Crippen LogP) is 0.266. The molecular formula is C7H11NO2. The molecule has 0 saturated carbocycles. The zero-order chi connectivity index (χ0) is 8.15. The lowest BCUT2D eigenvalue weighted by atomic mass is 10.2. The van der Waals surface area contributed by atoms with Crippen molar-refractivity contribution in [2.24, 2.45) is 0 Å². The van der Waals surface area contributed by atoms with Gasteiger partial charge < -0.3 is 5.32 Å². The summed E-state index contributed by atoms with van der Waals surface area (Å²) in [6.45, 7) is 6.27. The average molecular weight is 141 g/mol. The zero-order valence-electron chi connectivity index (χ0n) is 6.18. The van der Waals surface area contributed by atoms with E-state index in [4.69, 9.17) is 0 Å². The molecule has 10 heavy (non-hydrogen) atoms. The fourth-order valence-corrected chi connectivity index (χ4v) is 0.553. The topological polar surface area (TPSA) is 46.2 Å². The Bertz CT molecular complexity index is 163. The molecule has 0 radical (unpaired) electrons. The molecule has 0 aliphatic rings. The van der Waals surface area contributed by atoms with Gasteiger partial charge in [-0.15, -0.1) is 0 Å². The Labute approximate surface area is 60.1 Å². The molecule has 0 aromatic carbocycles. The monoisotopic (exact) mass is 141 g/mol. The first-order valence-corrected chi connectivity index (χ1v) is 3.01. The van der Waals surface area contributed by atoms with Crippen LogP contribution in [0.5, 0.6) is 0 Å². The van der Waals surface area contributed by atoms with E-state index in [0.717, 1.165) is 0 Å². The molecule has 1 N–H and O–H groups in total. The average Bonchev–Trinajstić information content (AvgIpc) is 1.85. The Morgan fingerprint density at radius 1 is 1.60 bits per heavy atom. The quantitative estimate of drug-likeness (QED) is 0.573. The van der Waals surface area contributed by atoms with Gasteiger partial charge in [0.15, 0.2) is 5.78 Å². The molecule has 3 nitrogen and oxygen atoms in total. The summed E-state index contributed by atoms with van der Waals surface area (Å²) in [4.78, 5) is 21.1. The van der Waals surface area contributed by atoms with Crippen LogP contribution in [0.25, 0.3) is 0 Å². The van der Waals surface area contributed by atoms with E-state index in [1.165, 1.54) is 13.0 Å². The summed E-state index contributed by atoms with van der Waals surface area (Å²) in [5.74, 6) is -0.377. The number of ketones is 1. The Morgan fingerprint density at radius 3 is 2.40 bits per heavy atom. The molecule has 0 heterocycles. The van der Waals surface area contributed by atoms with E-state index in [0.29, 0.717) is 0 Å². The lowest BCUT2D eigenvalue weighted by Gasteiger charge is -2.06. The minimum absolute atomic E-state index is 0.171. The highest BCUT2D eigenvalue weighted by Crippen LogP contribution is 1.84. The van der Waals surface area contributed by atoms with Gasteiger partial charge in [-0.2, -0.15) is 0 Å². The summed E-state index contributed by atoms with van der Waals surface area (Å²) in [6.07, 6.45) is 1.20. The summed E-state index contributed by atoms with van der Waals surface area (Å²) >= 11 is 0. The van der Waals surface area contributed by atoms with Crippen LogP contribution in [0.2, 0.25) is 0 Å². The summed E-state index contributed by atoms with van der Waals surface area (Å²) in [7, 11) is 0. The third-order valence-electron chi connectivity index (χ3n) is 1.05. The van der Waals surface area contributed by atoms with Gasteiger partial charge in [0.25, 0.3) is 0 Å². The fraction of sp³-hybridized carbons (Fsp3) is 0.429. The van der Waals surface area contributed by atoms with E-state index in [-0.39, 0.29) is 11.7 Å². The van der Waals surface area contributed by atoms with Gasteiger partial charge in [-0.25, -0.2) is 0 Å². The van der Waals surface area contributed by atoms with Crippen LogP contribution in [0, 0.1) is 0 Å². The Balaban J connectivity index is 3.84. The van der Waals surface area contributed by atoms with Crippen molar-refractivity contribution < 1.29 is 9.59 Å². The second-order valence-electron chi connectivity index (χ2n) is 2.03. The number of rotatable bonds is 3. The van der Waals surface area contributed by atoms with E-state index in [9.17, 15) is 9.59 Å². The molecular weight excluding hydrogens is 130 g/mol. The van der Waals surface area contributed by atoms with Crippen LogP contribution in [-0.4, -0.2) is 17.7 Å². The van der Waals surface area contributed by atoms with E-state index in [1.54, 1.807) is 6.92 Å². The van der Waals surface area contributed by atoms with Crippen LogP contribution in [0.15, 0.2) is 12.7 Å². The number of carbonyl (C=O) groups excluding carboxylic acids is 2. The normalized spacial score (nSPS) is 11.8. The highest BCUT2D eigenvalue weighted by atomic mass is 16.2. The smallest absolute Gasteiger partial charge is 0.217 e. The van der Waals surface area contributed by atoms with Gasteiger partial charge in [-0.3, -0.25) is 9.59 Å². The number of nitrogens with one attached hydrogen (secondary N) is 1. The van der Waals surface area contributed by atoms with E-state index in [2.05, 4.69) is 11.9 Å². The van der Waals surface area contributed by atoms with Gasteiger partial charge in [-0.1, -0.05) is 6.58 Å². The summed E-state index contributed by atoms with van der Waals surface area (Å²) < 4.78 is 0. The lowest BCUT2D eigenvalue weighted by Crippen LogP contribution is -2.35. The molecule has 0 aliphatic heterocycles. The van der Waals surface area contributed by atoms with Crippen molar-refractivity contribution >= 4 is 11.7 Å². The van der Waals surface area contributed by atoms with Crippen molar-refractivity contribution in [2.45, 2.75) is 19.9 Å². The van der Waals surface area contributed by atoms with Crippen molar-refractivity contribution in [2.75, 3.05) is 0 Å². The second kappa shape index (κ2) is 3.82. The maximum Gasteiger partial charge on any atom is 0.217 e. The molecule has 0 fully saturated rings. The highest BCUT2D eigenvalue weighted by Gasteiger charge is 2.08. The van der Waals surface area contributed by atoms with Crippen molar-refractivity contribution in [3.8, 4) is 0 Å². The summed E-state index contributed by atoms with van der Waals surface area (Å²) in [5, 5.41) is 2.43. The van der Waals surface area contributed by atoms with Gasteiger partial charge in [0.1, 0.15) is 0 Å². The van der Waals surface area contributed by atoms with Crippen molar-refractivity contribution in [1.82, 2.24) is 5.32 Å². The molecule has 0 bridgehead atoms. The van der Waals surface area contributed by atoms with Gasteiger partial charge in [0, 0.05) is 6.92 Å². The molecule has 0 saturated heterocycles. The first-order valence-electron chi connectivity index (χ1n) is 3.01. The molecule has 3 heteroatoms. The third-order valence-corrected chi connectivity index (χ3v) is 1.05. The van der Waals surface area contributed by atoms with E-state index < -0.39 is 6.04 Å². The van der Waals surface area contributed by atoms with Crippen LogP contribution in [0.4, 0.5) is 0 Å². The zero-order valence-corrected chi connectivity index (χ0v) is 6.18. The maximum atomic E-state index is 10.7. The van der Waals surface area contributed by atoms with Gasteiger partial charge in [0.05, 0.1) is 6.04 Å². The van der Waals surface area contributed by atoms with E-state index in [1.807, 2.05) is 0 Å². The number of carbonyl (C=O) groups is 2. The molecule has 0 spiro atoms. The summed E-state index contributed by atoms with van der Waals surface area (Å²) in [5.41, 5.74) is 0. The van der Waals surface area contributed by atoms with Crippen LogP contribution in [0.1, 0.15) is 13.8 Å². The van der Waals surface area contributed by atoms with Crippen molar-refractivity contribution in [3.63, 3.8) is 0 Å². The first-order chi connectivity index (χ1) is 4.57. The Kier molecular flexibility index (Phi) is 3.39. The van der Waals surface area contributed by atoms with Gasteiger partial charge >= 0.3 is 0 Å². The van der Waals surface area contributed by atoms with E-state index >= 15 is 0 Å². The van der Waals surface area contributed by atoms with Crippen LogP contribution in [-0.2, 0) is 9.59 Å². The number of hydrogen-bond donors (Lipinski definition) is 1. The minimum atomic E-state index is -0.449. The summed E-state index contributed by atoms with van der Waals surface area (Å²) in [6, 6.07) is -0.449. The largest absolute Gasteiger partial charge is 0.346 e. The SMILES string of the molecule is C=CC(=O)[C@H](C)NC(C)=O. The predicted molar refractivity (Wildman–Crippen MR) is 38.5 cm³/mol. The van der Waals surface area contributed by atoms with Crippen LogP contribution >= 0.6 is 0 Å². The molecule has 56 valence electrons. The van der Waals surface area contributed by atoms with Gasteiger partial charge in [0.2, 0.25) is 5.91 Å². The van der Waals surface area contributed by atoms with Crippen molar-refractivity contribution in [3.05, 3.63) is 12.7 Å². The molecule has 0 aromatic rings. The highest BCUT2D eigenvalue weighted by molar-refractivity contribution is 5.95. The second-order valence-corrected chi connectivity index (χ2v) is 2.03. The molecule has 0 aliphatic carbocycles. The maximum absolute atomic E-state index is 10.7. The third kappa shape index (κ3) is 3.02.